The third-order valence-corrected chi connectivity index (χ3v) is 5.28. The number of hydrogen-bond acceptors (Lipinski definition) is 4. The molecule has 0 aliphatic rings. The van der Waals surface area contributed by atoms with E-state index < -0.39 is 10.0 Å². The number of rotatable bonds is 6. The van der Waals surface area contributed by atoms with Crippen LogP contribution in [0.5, 0.6) is 5.75 Å². The van der Waals surface area contributed by atoms with Crippen LogP contribution in [0.15, 0.2) is 41.4 Å². The van der Waals surface area contributed by atoms with Crippen molar-refractivity contribution in [3.05, 3.63) is 52.8 Å². The van der Waals surface area contributed by atoms with Gasteiger partial charge in [-0.25, -0.2) is 18.1 Å². The first kappa shape index (κ1) is 17.7. The summed E-state index contributed by atoms with van der Waals surface area (Å²) in [6.07, 6.45) is 1.81. The highest BCUT2D eigenvalue weighted by Crippen LogP contribution is 2.18. The number of hydrogen-bond donors (Lipinski definition) is 1. The second kappa shape index (κ2) is 7.29. The number of ether oxygens (including phenoxy) is 1. The molecule has 2 aromatic rings. The van der Waals surface area contributed by atoms with Crippen molar-refractivity contribution in [2.75, 3.05) is 7.11 Å². The Balaban J connectivity index is 2.11. The van der Waals surface area contributed by atoms with E-state index in [1.54, 1.807) is 14.0 Å². The second-order valence-corrected chi connectivity index (χ2v) is 7.43. The zero-order valence-electron chi connectivity index (χ0n) is 13.2. The normalized spacial score (nSPS) is 12.9. The first-order valence-corrected chi connectivity index (χ1v) is 8.95. The summed E-state index contributed by atoms with van der Waals surface area (Å²) >= 11 is 5.83. The molecule has 0 fully saturated rings. The zero-order chi connectivity index (χ0) is 17.0. The van der Waals surface area contributed by atoms with E-state index in [1.165, 1.54) is 12.3 Å². The van der Waals surface area contributed by atoms with Gasteiger partial charge < -0.3 is 4.74 Å². The van der Waals surface area contributed by atoms with Crippen molar-refractivity contribution < 1.29 is 13.2 Å². The van der Waals surface area contributed by atoms with E-state index in [9.17, 15) is 8.42 Å². The minimum absolute atomic E-state index is 0.108. The molecule has 2 rings (SSSR count). The highest BCUT2D eigenvalue weighted by atomic mass is 35.5. The van der Waals surface area contributed by atoms with Crippen LogP contribution in [0.1, 0.15) is 18.1 Å². The summed E-state index contributed by atoms with van der Waals surface area (Å²) in [4.78, 5) is 4.00. The number of sulfonamides is 1. The fourth-order valence-corrected chi connectivity index (χ4v) is 3.58. The van der Waals surface area contributed by atoms with Crippen LogP contribution in [0.25, 0.3) is 0 Å². The molecule has 0 saturated carbocycles. The van der Waals surface area contributed by atoms with Crippen LogP contribution in [0, 0.1) is 6.92 Å². The highest BCUT2D eigenvalue weighted by molar-refractivity contribution is 7.89. The first-order chi connectivity index (χ1) is 10.8. The van der Waals surface area contributed by atoms with Crippen molar-refractivity contribution >= 4 is 21.6 Å². The Bertz CT molecular complexity index is 794. The third-order valence-electron chi connectivity index (χ3n) is 3.33. The van der Waals surface area contributed by atoms with Crippen LogP contribution in [-0.4, -0.2) is 26.6 Å². The third kappa shape index (κ3) is 4.67. The topological polar surface area (TPSA) is 68.3 Å². The molecule has 0 bridgehead atoms. The van der Waals surface area contributed by atoms with Crippen LogP contribution < -0.4 is 9.46 Å². The Labute approximate surface area is 141 Å². The number of pyridine rings is 1. The summed E-state index contributed by atoms with van der Waals surface area (Å²) in [6, 6.07) is 8.78. The number of nitrogens with one attached hydrogen (secondary N) is 1. The number of benzene rings is 1. The molecule has 1 atom stereocenters. The summed E-state index contributed by atoms with van der Waals surface area (Å²) < 4.78 is 32.6. The number of aromatic nitrogens is 1. The van der Waals surface area contributed by atoms with Crippen LogP contribution in [0.4, 0.5) is 0 Å². The van der Waals surface area contributed by atoms with E-state index in [1.807, 2.05) is 31.2 Å². The van der Waals surface area contributed by atoms with Gasteiger partial charge in [-0.2, -0.15) is 0 Å². The van der Waals surface area contributed by atoms with Gasteiger partial charge in [0.2, 0.25) is 10.0 Å². The van der Waals surface area contributed by atoms with E-state index in [4.69, 9.17) is 16.3 Å². The predicted octanol–water partition coefficient (Wildman–Crippen LogP) is 2.96. The summed E-state index contributed by atoms with van der Waals surface area (Å²) in [5.41, 5.74) is 1.61. The van der Waals surface area contributed by atoms with E-state index in [2.05, 4.69) is 9.71 Å². The smallest absolute Gasteiger partial charge is 0.242 e. The minimum atomic E-state index is -3.64. The largest absolute Gasteiger partial charge is 0.497 e. The molecular weight excluding hydrogens is 336 g/mol. The monoisotopic (exact) mass is 354 g/mol. The Morgan fingerprint density at radius 1 is 1.35 bits per heavy atom. The lowest BCUT2D eigenvalue weighted by molar-refractivity contribution is 0.414. The van der Waals surface area contributed by atoms with Crippen LogP contribution >= 0.6 is 11.6 Å². The Hall–Kier alpha value is -1.63. The maximum absolute atomic E-state index is 12.4. The lowest BCUT2D eigenvalue weighted by atomic mass is 10.1. The lowest BCUT2D eigenvalue weighted by Crippen LogP contribution is -2.34. The van der Waals surface area contributed by atoms with Crippen LogP contribution in [-0.2, 0) is 16.4 Å². The molecule has 0 saturated heterocycles. The van der Waals surface area contributed by atoms with Gasteiger partial charge in [0.25, 0.3) is 0 Å². The summed E-state index contributed by atoms with van der Waals surface area (Å²) in [5.74, 6) is 0.745. The summed E-state index contributed by atoms with van der Waals surface area (Å²) in [5, 5.41) is 0.299. The van der Waals surface area contributed by atoms with Gasteiger partial charge in [0.05, 0.1) is 7.11 Å². The van der Waals surface area contributed by atoms with Crippen LogP contribution in [0.2, 0.25) is 5.15 Å². The Morgan fingerprint density at radius 3 is 2.74 bits per heavy atom. The fourth-order valence-electron chi connectivity index (χ4n) is 2.21. The lowest BCUT2D eigenvalue weighted by Gasteiger charge is -2.15. The van der Waals surface area contributed by atoms with Gasteiger partial charge in [0.15, 0.2) is 0 Å². The predicted molar refractivity (Wildman–Crippen MR) is 90.5 cm³/mol. The molecule has 1 aromatic heterocycles. The summed E-state index contributed by atoms with van der Waals surface area (Å²) in [6.45, 7) is 3.53. The van der Waals surface area contributed by atoms with E-state index >= 15 is 0 Å². The van der Waals surface area contributed by atoms with Gasteiger partial charge in [-0.05, 0) is 49.6 Å². The number of halogens is 1. The molecule has 1 unspecified atom stereocenters. The van der Waals surface area contributed by atoms with E-state index in [0.717, 1.165) is 11.3 Å². The molecule has 5 nitrogen and oxygen atoms in total. The van der Waals surface area contributed by atoms with E-state index in [0.29, 0.717) is 17.1 Å². The quantitative estimate of drug-likeness (QED) is 0.810. The van der Waals surface area contributed by atoms with Crippen molar-refractivity contribution in [2.45, 2.75) is 31.2 Å². The fraction of sp³-hybridized carbons (Fsp3) is 0.312. The van der Waals surface area contributed by atoms with Crippen molar-refractivity contribution in [2.24, 2.45) is 0 Å². The average Bonchev–Trinajstić information content (AvgIpc) is 2.49. The molecule has 7 heteroatoms. The Morgan fingerprint density at radius 2 is 2.09 bits per heavy atom. The average molecular weight is 355 g/mol. The number of methoxy groups -OCH3 is 1. The second-order valence-electron chi connectivity index (χ2n) is 5.36. The Kier molecular flexibility index (Phi) is 5.62. The molecule has 124 valence electrons. The molecule has 1 aromatic carbocycles. The SMILES string of the molecule is COc1cccc(CC(C)NS(=O)(=O)c2cnc(Cl)c(C)c2)c1. The van der Waals surface area contributed by atoms with Crippen LogP contribution in [0.3, 0.4) is 0 Å². The standard InChI is InChI=1S/C16H19ClN2O3S/c1-11-7-15(10-18-16(11)17)23(20,21)19-12(2)8-13-5-4-6-14(9-13)22-3/h4-7,9-10,12,19H,8H2,1-3H3. The number of aryl methyl sites for hydroxylation is 1. The molecule has 0 aliphatic heterocycles. The van der Waals surface area contributed by atoms with Gasteiger partial charge in [-0.15, -0.1) is 0 Å². The molecule has 1 heterocycles. The first-order valence-electron chi connectivity index (χ1n) is 7.09. The molecule has 0 radical (unpaired) electrons. The van der Waals surface area contributed by atoms with Gasteiger partial charge in [-0.1, -0.05) is 23.7 Å². The van der Waals surface area contributed by atoms with Gasteiger partial charge >= 0.3 is 0 Å². The molecule has 23 heavy (non-hydrogen) atoms. The van der Waals surface area contributed by atoms with Crippen molar-refractivity contribution in [1.82, 2.24) is 9.71 Å². The molecule has 0 spiro atoms. The van der Waals surface area contributed by atoms with Gasteiger partial charge in [0.1, 0.15) is 15.8 Å². The van der Waals surface area contributed by atoms with Crippen molar-refractivity contribution in [1.29, 1.82) is 0 Å². The van der Waals surface area contributed by atoms with Crippen molar-refractivity contribution in [3.63, 3.8) is 0 Å². The highest BCUT2D eigenvalue weighted by Gasteiger charge is 2.19. The van der Waals surface area contributed by atoms with Crippen molar-refractivity contribution in [3.8, 4) is 5.75 Å². The minimum Gasteiger partial charge on any atom is -0.497 e. The van der Waals surface area contributed by atoms with E-state index in [-0.39, 0.29) is 10.9 Å². The maximum Gasteiger partial charge on any atom is 0.242 e. The van der Waals surface area contributed by atoms with Gasteiger partial charge in [0, 0.05) is 12.2 Å². The molecule has 1 N–H and O–H groups in total. The summed E-state index contributed by atoms with van der Waals surface area (Å²) in [7, 11) is -2.04. The number of nitrogens with zero attached hydrogens (tertiary/aromatic N) is 1. The van der Waals surface area contributed by atoms with Gasteiger partial charge in [-0.3, -0.25) is 0 Å². The zero-order valence-corrected chi connectivity index (χ0v) is 14.8. The molecule has 0 amide bonds. The molecular formula is C16H19ClN2O3S. The molecule has 0 aliphatic carbocycles. The maximum atomic E-state index is 12.4.